The molecule has 0 aromatic carbocycles. The molecule has 6 nitrogen and oxygen atoms in total. The van der Waals surface area contributed by atoms with Crippen LogP contribution in [-0.2, 0) is 14.3 Å². The van der Waals surface area contributed by atoms with Crippen LogP contribution in [0.3, 0.4) is 0 Å². The Balaban J connectivity index is 2.96. The van der Waals surface area contributed by atoms with Crippen LogP contribution in [0.25, 0.3) is 0 Å². The summed E-state index contributed by atoms with van der Waals surface area (Å²) in [5.74, 6) is -0.203. The highest BCUT2D eigenvalue weighted by Crippen LogP contribution is 2.24. The van der Waals surface area contributed by atoms with Crippen molar-refractivity contribution in [3.63, 3.8) is 0 Å². The molecular weight excluding hydrogens is 334 g/mol. The molecule has 154 valence electrons. The lowest BCUT2D eigenvalue weighted by Gasteiger charge is -2.34. The summed E-state index contributed by atoms with van der Waals surface area (Å²) in [6.45, 7) is 8.56. The Bertz CT molecular complexity index is 419. The van der Waals surface area contributed by atoms with Crippen molar-refractivity contribution in [2.45, 2.75) is 90.3 Å². The second-order valence-corrected chi connectivity index (χ2v) is 8.06. The average molecular weight is 374 g/mol. The van der Waals surface area contributed by atoms with Crippen LogP contribution in [0.4, 0.5) is 0 Å². The zero-order chi connectivity index (χ0) is 19.9. The number of aliphatic hydroxyl groups is 2. The first-order valence-corrected chi connectivity index (χ1v) is 10.0. The van der Waals surface area contributed by atoms with Crippen LogP contribution in [0.2, 0.25) is 0 Å². The molecule has 26 heavy (non-hydrogen) atoms. The molecule has 2 N–H and O–H groups in total. The van der Waals surface area contributed by atoms with Gasteiger partial charge in [0.15, 0.2) is 0 Å². The fourth-order valence-electron chi connectivity index (χ4n) is 3.77. The number of esters is 1. The largest absolute Gasteiger partial charge is 0.459 e. The molecule has 0 unspecified atom stereocenters. The van der Waals surface area contributed by atoms with E-state index in [1.807, 2.05) is 32.7 Å². The Labute approximate surface area is 158 Å². The first-order chi connectivity index (χ1) is 12.2. The molecular formula is C20H39NO5. The van der Waals surface area contributed by atoms with Gasteiger partial charge in [-0.3, -0.25) is 4.79 Å². The van der Waals surface area contributed by atoms with Crippen molar-refractivity contribution in [2.24, 2.45) is 11.8 Å². The third-order valence-corrected chi connectivity index (χ3v) is 5.78. The van der Waals surface area contributed by atoms with Crippen LogP contribution >= 0.6 is 0 Å². The highest BCUT2D eigenvalue weighted by atomic mass is 16.6. The molecule has 0 saturated carbocycles. The quantitative estimate of drug-likeness (QED) is 0.723. The molecule has 1 fully saturated rings. The van der Waals surface area contributed by atoms with Crippen LogP contribution < -0.4 is 0 Å². The van der Waals surface area contributed by atoms with Crippen molar-refractivity contribution in [3.05, 3.63) is 0 Å². The minimum Gasteiger partial charge on any atom is -0.459 e. The molecule has 1 aliphatic rings. The lowest BCUT2D eigenvalue weighted by molar-refractivity contribution is -0.167. The van der Waals surface area contributed by atoms with Crippen LogP contribution in [0.15, 0.2) is 0 Å². The molecule has 0 aromatic rings. The Morgan fingerprint density at radius 3 is 2.42 bits per heavy atom. The topological polar surface area (TPSA) is 79.2 Å². The van der Waals surface area contributed by atoms with E-state index >= 15 is 0 Å². The number of hydrogen-bond acceptors (Lipinski definition) is 6. The molecule has 7 atom stereocenters. The van der Waals surface area contributed by atoms with Crippen molar-refractivity contribution in [2.75, 3.05) is 20.7 Å². The summed E-state index contributed by atoms with van der Waals surface area (Å²) < 4.78 is 11.2. The standard InChI is InChI=1S/C20H39NO5/c1-7-17-19(23)18(22)15(4)21(5)10-8-9-16(25-6)12-13(2)11-14(3)20(24)26-17/h13-19,22-23H,7-12H2,1-6H3/t13-,14+,15+,16-,17+,18+,19+/m0/s1. The second kappa shape index (κ2) is 11.2. The molecule has 0 aromatic heterocycles. The zero-order valence-electron chi connectivity index (χ0n) is 17.4. The van der Waals surface area contributed by atoms with E-state index in [2.05, 4.69) is 6.92 Å². The fraction of sp³-hybridized carbons (Fsp3) is 0.950. The number of likely N-dealkylation sites (N-methyl/N-ethyl adjacent to an activating group) is 1. The van der Waals surface area contributed by atoms with Gasteiger partial charge in [-0.1, -0.05) is 20.8 Å². The number of aliphatic hydroxyl groups excluding tert-OH is 2. The van der Waals surface area contributed by atoms with Gasteiger partial charge < -0.3 is 24.6 Å². The van der Waals surface area contributed by atoms with E-state index in [-0.39, 0.29) is 24.0 Å². The lowest BCUT2D eigenvalue weighted by atomic mass is 9.91. The maximum atomic E-state index is 12.5. The first kappa shape index (κ1) is 23.3. The highest BCUT2D eigenvalue weighted by molar-refractivity contribution is 5.72. The van der Waals surface area contributed by atoms with Gasteiger partial charge in [0.25, 0.3) is 0 Å². The number of hydrogen-bond donors (Lipinski definition) is 2. The van der Waals surface area contributed by atoms with Crippen LogP contribution in [0.5, 0.6) is 0 Å². The predicted molar refractivity (Wildman–Crippen MR) is 102 cm³/mol. The third-order valence-electron chi connectivity index (χ3n) is 5.78. The molecule has 6 heteroatoms. The Morgan fingerprint density at radius 1 is 1.19 bits per heavy atom. The number of rotatable bonds is 2. The number of carbonyl (C=O) groups excluding carboxylic acids is 1. The highest BCUT2D eigenvalue weighted by Gasteiger charge is 2.34. The van der Waals surface area contributed by atoms with Crippen molar-refractivity contribution >= 4 is 5.97 Å². The summed E-state index contributed by atoms with van der Waals surface area (Å²) in [5, 5.41) is 21.1. The second-order valence-electron chi connectivity index (χ2n) is 8.06. The Kier molecular flexibility index (Phi) is 10.1. The molecule has 1 saturated heterocycles. The van der Waals surface area contributed by atoms with Crippen molar-refractivity contribution in [3.8, 4) is 0 Å². The molecule has 1 heterocycles. The minimum absolute atomic E-state index is 0.168. The number of methoxy groups -OCH3 is 1. The van der Waals surface area contributed by atoms with E-state index in [9.17, 15) is 15.0 Å². The van der Waals surface area contributed by atoms with Gasteiger partial charge in [0.1, 0.15) is 12.2 Å². The average Bonchev–Trinajstić information content (AvgIpc) is 2.62. The van der Waals surface area contributed by atoms with Gasteiger partial charge >= 0.3 is 5.97 Å². The minimum atomic E-state index is -1.09. The summed E-state index contributed by atoms with van der Waals surface area (Å²) in [6, 6.07) is -0.236. The maximum absolute atomic E-state index is 12.5. The molecule has 0 amide bonds. The Hall–Kier alpha value is -0.690. The summed E-state index contributed by atoms with van der Waals surface area (Å²) >= 11 is 0. The van der Waals surface area contributed by atoms with Gasteiger partial charge in [-0.2, -0.15) is 0 Å². The molecule has 1 aliphatic heterocycles. The summed E-state index contributed by atoms with van der Waals surface area (Å²) in [7, 11) is 3.68. The van der Waals surface area contributed by atoms with Crippen molar-refractivity contribution < 1.29 is 24.5 Å². The molecule has 0 spiro atoms. The maximum Gasteiger partial charge on any atom is 0.309 e. The van der Waals surface area contributed by atoms with Gasteiger partial charge in [-0.25, -0.2) is 0 Å². The van der Waals surface area contributed by atoms with E-state index in [1.54, 1.807) is 7.11 Å². The Morgan fingerprint density at radius 2 is 1.85 bits per heavy atom. The number of ether oxygens (including phenoxy) is 2. The van der Waals surface area contributed by atoms with Gasteiger partial charge in [0.2, 0.25) is 0 Å². The molecule has 0 bridgehead atoms. The van der Waals surface area contributed by atoms with Crippen molar-refractivity contribution in [1.82, 2.24) is 4.90 Å². The van der Waals surface area contributed by atoms with Crippen molar-refractivity contribution in [1.29, 1.82) is 0 Å². The number of carbonyl (C=O) groups is 1. The normalized spacial score (nSPS) is 39.7. The van der Waals surface area contributed by atoms with Gasteiger partial charge in [-0.15, -0.1) is 0 Å². The molecule has 1 rings (SSSR count). The van der Waals surface area contributed by atoms with E-state index in [4.69, 9.17) is 9.47 Å². The van der Waals surface area contributed by atoms with Gasteiger partial charge in [-0.05, 0) is 58.5 Å². The summed E-state index contributed by atoms with van der Waals surface area (Å²) in [4.78, 5) is 14.5. The van der Waals surface area contributed by atoms with Crippen LogP contribution in [0, 0.1) is 11.8 Å². The molecule has 0 radical (unpaired) electrons. The molecule has 0 aliphatic carbocycles. The van der Waals surface area contributed by atoms with Gasteiger partial charge in [0.05, 0.1) is 18.1 Å². The van der Waals surface area contributed by atoms with E-state index in [0.717, 1.165) is 32.2 Å². The SMILES string of the molecule is CC[C@H]1OC(=O)[C@H](C)C[C@H](C)C[C@@H](OC)CCCN(C)[C@H](C)[C@@H](O)[C@@H]1O. The number of nitrogens with zero attached hydrogens (tertiary/aromatic N) is 1. The lowest BCUT2D eigenvalue weighted by Crippen LogP contribution is -2.50. The number of cyclic esters (lactones) is 1. The summed E-state index contributed by atoms with van der Waals surface area (Å²) in [5.41, 5.74) is 0. The first-order valence-electron chi connectivity index (χ1n) is 10.0. The van der Waals surface area contributed by atoms with E-state index in [0.29, 0.717) is 12.3 Å². The van der Waals surface area contributed by atoms with E-state index < -0.39 is 18.3 Å². The zero-order valence-corrected chi connectivity index (χ0v) is 17.4. The van der Waals surface area contributed by atoms with Crippen LogP contribution in [-0.4, -0.2) is 72.2 Å². The summed E-state index contributed by atoms with van der Waals surface area (Å²) in [6.07, 6.45) is 1.40. The monoisotopic (exact) mass is 373 g/mol. The van der Waals surface area contributed by atoms with Gasteiger partial charge in [0, 0.05) is 13.2 Å². The fourth-order valence-corrected chi connectivity index (χ4v) is 3.77. The van der Waals surface area contributed by atoms with E-state index in [1.165, 1.54) is 0 Å². The smallest absolute Gasteiger partial charge is 0.309 e. The third kappa shape index (κ3) is 6.80. The predicted octanol–water partition coefficient (Wildman–Crippen LogP) is 2.21. The van der Waals surface area contributed by atoms with Crippen LogP contribution in [0.1, 0.15) is 59.8 Å².